The van der Waals surface area contributed by atoms with E-state index in [1.165, 1.54) is 64.2 Å². The fourth-order valence-electron chi connectivity index (χ4n) is 2.92. The number of hydrogen-bond acceptors (Lipinski definition) is 2. The van der Waals surface area contributed by atoms with Crippen molar-refractivity contribution in [2.45, 2.75) is 96.8 Å². The first-order valence-corrected chi connectivity index (χ1v) is 10.3. The third kappa shape index (κ3) is 18.8. The van der Waals surface area contributed by atoms with Crippen molar-refractivity contribution in [1.82, 2.24) is 0 Å². The normalized spacial score (nSPS) is 12.8. The summed E-state index contributed by atoms with van der Waals surface area (Å²) in [6, 6.07) is 0. The van der Waals surface area contributed by atoms with Gasteiger partial charge in [-0.25, -0.2) is 4.79 Å². The van der Waals surface area contributed by atoms with Crippen LogP contribution < -0.4 is 0 Å². The van der Waals surface area contributed by atoms with Gasteiger partial charge in [0, 0.05) is 6.08 Å². The molecule has 0 bridgehead atoms. The molecule has 0 heterocycles. The van der Waals surface area contributed by atoms with Gasteiger partial charge in [-0.05, 0) is 19.3 Å². The SMILES string of the molecule is CC(CCCCCCCCCCCCCCC=CC=CC(=O)O)C(=O)O. The zero-order valence-electron chi connectivity index (χ0n) is 16.5. The maximum atomic E-state index is 10.7. The summed E-state index contributed by atoms with van der Waals surface area (Å²) in [5.41, 5.74) is 0. The van der Waals surface area contributed by atoms with Crippen LogP contribution in [0.4, 0.5) is 0 Å². The van der Waals surface area contributed by atoms with E-state index < -0.39 is 11.9 Å². The van der Waals surface area contributed by atoms with Gasteiger partial charge in [0.2, 0.25) is 0 Å². The van der Waals surface area contributed by atoms with Crippen LogP contribution in [0, 0.1) is 5.92 Å². The molecule has 0 fully saturated rings. The first-order chi connectivity index (χ1) is 12.5. The molecule has 0 rings (SSSR count). The van der Waals surface area contributed by atoms with Gasteiger partial charge in [0.05, 0.1) is 5.92 Å². The molecule has 1 atom stereocenters. The van der Waals surface area contributed by atoms with E-state index in [2.05, 4.69) is 0 Å². The van der Waals surface area contributed by atoms with E-state index in [0.29, 0.717) is 0 Å². The first kappa shape index (κ1) is 24.4. The molecule has 0 aliphatic heterocycles. The molecule has 0 aromatic heterocycles. The second kappa shape index (κ2) is 18.2. The molecule has 0 saturated carbocycles. The van der Waals surface area contributed by atoms with Gasteiger partial charge < -0.3 is 10.2 Å². The van der Waals surface area contributed by atoms with Gasteiger partial charge >= 0.3 is 11.9 Å². The van der Waals surface area contributed by atoms with E-state index in [1.807, 2.05) is 6.08 Å². The van der Waals surface area contributed by atoms with Gasteiger partial charge in [-0.2, -0.15) is 0 Å². The number of aliphatic carboxylic acids is 2. The minimum atomic E-state index is -0.903. The van der Waals surface area contributed by atoms with Crippen molar-refractivity contribution in [2.24, 2.45) is 5.92 Å². The molecular formula is C22H38O4. The minimum absolute atomic E-state index is 0.195. The highest BCUT2D eigenvalue weighted by Gasteiger charge is 2.09. The third-order valence-corrected chi connectivity index (χ3v) is 4.67. The molecule has 0 aliphatic carbocycles. The third-order valence-electron chi connectivity index (χ3n) is 4.67. The highest BCUT2D eigenvalue weighted by Crippen LogP contribution is 2.14. The molecule has 0 radical (unpaired) electrons. The van der Waals surface area contributed by atoms with Gasteiger partial charge in [-0.3, -0.25) is 4.79 Å². The lowest BCUT2D eigenvalue weighted by molar-refractivity contribution is -0.141. The average Bonchev–Trinajstić information content (AvgIpc) is 2.60. The van der Waals surface area contributed by atoms with Crippen molar-refractivity contribution in [2.75, 3.05) is 0 Å². The molecule has 1 unspecified atom stereocenters. The summed E-state index contributed by atoms with van der Waals surface area (Å²) < 4.78 is 0. The smallest absolute Gasteiger partial charge is 0.328 e. The molecule has 4 heteroatoms. The van der Waals surface area contributed by atoms with Crippen molar-refractivity contribution in [3.63, 3.8) is 0 Å². The fourth-order valence-corrected chi connectivity index (χ4v) is 2.92. The fraction of sp³-hybridized carbons (Fsp3) is 0.727. The predicted octanol–water partition coefficient (Wildman–Crippen LogP) is 6.37. The van der Waals surface area contributed by atoms with Crippen molar-refractivity contribution in [3.8, 4) is 0 Å². The van der Waals surface area contributed by atoms with Crippen LogP contribution in [0.2, 0.25) is 0 Å². The summed E-state index contributed by atoms with van der Waals surface area (Å²) in [6.07, 6.45) is 23.4. The van der Waals surface area contributed by atoms with Crippen molar-refractivity contribution in [3.05, 3.63) is 24.3 Å². The monoisotopic (exact) mass is 366 g/mol. The second-order valence-corrected chi connectivity index (χ2v) is 7.18. The predicted molar refractivity (Wildman–Crippen MR) is 107 cm³/mol. The number of allylic oxidation sites excluding steroid dienone is 3. The number of hydrogen-bond donors (Lipinski definition) is 2. The van der Waals surface area contributed by atoms with Crippen molar-refractivity contribution < 1.29 is 19.8 Å². The Balaban J connectivity index is 3.18. The Morgan fingerprint density at radius 3 is 1.65 bits per heavy atom. The summed E-state index contributed by atoms with van der Waals surface area (Å²) in [4.78, 5) is 21.0. The highest BCUT2D eigenvalue weighted by atomic mass is 16.4. The molecule has 0 aliphatic rings. The molecular weight excluding hydrogens is 328 g/mol. The lowest BCUT2D eigenvalue weighted by atomic mass is 10.0. The van der Waals surface area contributed by atoms with Crippen LogP contribution in [0.1, 0.15) is 96.8 Å². The number of carboxylic acid groups (broad SMARTS) is 2. The van der Waals surface area contributed by atoms with Crippen LogP contribution >= 0.6 is 0 Å². The molecule has 0 aromatic rings. The van der Waals surface area contributed by atoms with Gasteiger partial charge in [0.15, 0.2) is 0 Å². The highest BCUT2D eigenvalue weighted by molar-refractivity contribution is 5.80. The van der Waals surface area contributed by atoms with Gasteiger partial charge in [-0.15, -0.1) is 0 Å². The maximum absolute atomic E-state index is 10.7. The Bertz CT molecular complexity index is 412. The molecule has 0 saturated heterocycles. The number of carboxylic acids is 2. The summed E-state index contributed by atoms with van der Waals surface area (Å²) >= 11 is 0. The summed E-state index contributed by atoms with van der Waals surface area (Å²) in [5, 5.41) is 17.2. The minimum Gasteiger partial charge on any atom is -0.481 e. The summed E-state index contributed by atoms with van der Waals surface area (Å²) in [7, 11) is 0. The Kier molecular flexibility index (Phi) is 17.1. The van der Waals surface area contributed by atoms with Gasteiger partial charge in [0.25, 0.3) is 0 Å². The summed E-state index contributed by atoms with van der Waals surface area (Å²) in [5.74, 6) is -1.77. The Hall–Kier alpha value is -1.58. The van der Waals surface area contributed by atoms with E-state index in [4.69, 9.17) is 10.2 Å². The molecule has 0 spiro atoms. The molecule has 2 N–H and O–H groups in total. The Morgan fingerprint density at radius 2 is 1.19 bits per heavy atom. The van der Waals surface area contributed by atoms with E-state index in [0.717, 1.165) is 31.8 Å². The van der Waals surface area contributed by atoms with Gasteiger partial charge in [0.1, 0.15) is 0 Å². The maximum Gasteiger partial charge on any atom is 0.328 e. The van der Waals surface area contributed by atoms with Crippen molar-refractivity contribution in [1.29, 1.82) is 0 Å². The zero-order chi connectivity index (χ0) is 19.5. The standard InChI is InChI=1S/C22H38O4/c1-20(22(25)26)18-16-14-12-10-8-6-4-2-3-5-7-9-11-13-15-17-19-21(23)24/h13,15,17,19-20H,2-12,14,16,18H2,1H3,(H,23,24)(H,25,26). The number of carbonyl (C=O) groups is 2. The summed E-state index contributed by atoms with van der Waals surface area (Å²) in [6.45, 7) is 1.79. The Morgan fingerprint density at radius 1 is 0.731 bits per heavy atom. The molecule has 0 amide bonds. The average molecular weight is 367 g/mol. The van der Waals surface area contributed by atoms with Crippen LogP contribution in [-0.2, 0) is 9.59 Å². The van der Waals surface area contributed by atoms with E-state index in [1.54, 1.807) is 19.1 Å². The second-order valence-electron chi connectivity index (χ2n) is 7.18. The van der Waals surface area contributed by atoms with Gasteiger partial charge in [-0.1, -0.05) is 95.8 Å². The lowest BCUT2D eigenvalue weighted by Crippen LogP contribution is -2.08. The van der Waals surface area contributed by atoms with E-state index >= 15 is 0 Å². The molecule has 0 aromatic carbocycles. The van der Waals surface area contributed by atoms with Crippen LogP contribution in [0.15, 0.2) is 24.3 Å². The quantitative estimate of drug-likeness (QED) is 0.168. The van der Waals surface area contributed by atoms with E-state index in [-0.39, 0.29) is 5.92 Å². The lowest BCUT2D eigenvalue weighted by Gasteiger charge is -2.05. The van der Waals surface area contributed by atoms with E-state index in [9.17, 15) is 9.59 Å². The molecule has 150 valence electrons. The van der Waals surface area contributed by atoms with Crippen LogP contribution in [-0.4, -0.2) is 22.2 Å². The zero-order valence-corrected chi connectivity index (χ0v) is 16.5. The largest absolute Gasteiger partial charge is 0.481 e. The Labute approximate surface area is 159 Å². The first-order valence-electron chi connectivity index (χ1n) is 10.3. The number of rotatable bonds is 18. The topological polar surface area (TPSA) is 74.6 Å². The number of unbranched alkanes of at least 4 members (excludes halogenated alkanes) is 12. The van der Waals surface area contributed by atoms with Crippen molar-refractivity contribution >= 4 is 11.9 Å². The molecule has 4 nitrogen and oxygen atoms in total. The van der Waals surface area contributed by atoms with Crippen LogP contribution in [0.5, 0.6) is 0 Å². The van der Waals surface area contributed by atoms with Crippen LogP contribution in [0.3, 0.4) is 0 Å². The van der Waals surface area contributed by atoms with Crippen LogP contribution in [0.25, 0.3) is 0 Å². The molecule has 26 heavy (non-hydrogen) atoms.